The standard InChI is InChI=1S/C15H19N3O2/c1-10(2)8-18(9-14(16)19)15(20)12-4-3-11-5-6-17-13(11)7-12/h3-7,10,17H,8-9H2,1-2H3,(H2,16,19). The van der Waals surface area contributed by atoms with E-state index in [4.69, 9.17) is 5.73 Å². The molecule has 106 valence electrons. The second-order valence-corrected chi connectivity index (χ2v) is 5.33. The smallest absolute Gasteiger partial charge is 0.254 e. The van der Waals surface area contributed by atoms with Crippen molar-refractivity contribution >= 4 is 22.7 Å². The number of fused-ring (bicyclic) bond motifs is 1. The third-order valence-corrected chi connectivity index (χ3v) is 3.02. The van der Waals surface area contributed by atoms with Gasteiger partial charge in [-0.25, -0.2) is 0 Å². The van der Waals surface area contributed by atoms with Crippen LogP contribution in [-0.2, 0) is 4.79 Å². The summed E-state index contributed by atoms with van der Waals surface area (Å²) >= 11 is 0. The fourth-order valence-electron chi connectivity index (χ4n) is 2.21. The van der Waals surface area contributed by atoms with E-state index in [-0.39, 0.29) is 18.4 Å². The van der Waals surface area contributed by atoms with Gasteiger partial charge < -0.3 is 15.6 Å². The van der Waals surface area contributed by atoms with Gasteiger partial charge in [-0.1, -0.05) is 19.9 Å². The predicted octanol–water partition coefficient (Wildman–Crippen LogP) is 1.75. The van der Waals surface area contributed by atoms with E-state index in [1.807, 2.05) is 32.2 Å². The average Bonchev–Trinajstić information content (AvgIpc) is 2.83. The molecule has 2 rings (SSSR count). The van der Waals surface area contributed by atoms with Crippen LogP contribution in [0.25, 0.3) is 10.9 Å². The molecule has 0 aliphatic heterocycles. The Hall–Kier alpha value is -2.30. The number of nitrogens with two attached hydrogens (primary N) is 1. The molecule has 0 spiro atoms. The van der Waals surface area contributed by atoms with Gasteiger partial charge in [0.2, 0.25) is 5.91 Å². The van der Waals surface area contributed by atoms with Crippen molar-refractivity contribution in [3.05, 3.63) is 36.0 Å². The number of hydrogen-bond acceptors (Lipinski definition) is 2. The Labute approximate surface area is 117 Å². The van der Waals surface area contributed by atoms with Gasteiger partial charge in [0, 0.05) is 23.8 Å². The summed E-state index contributed by atoms with van der Waals surface area (Å²) in [5.74, 6) is -0.401. The molecule has 5 nitrogen and oxygen atoms in total. The van der Waals surface area contributed by atoms with Gasteiger partial charge in [0.15, 0.2) is 0 Å². The van der Waals surface area contributed by atoms with E-state index in [0.29, 0.717) is 12.1 Å². The van der Waals surface area contributed by atoms with Gasteiger partial charge in [-0.2, -0.15) is 0 Å². The molecule has 0 unspecified atom stereocenters. The van der Waals surface area contributed by atoms with Crippen LogP contribution in [0.4, 0.5) is 0 Å². The molecular formula is C15H19N3O2. The summed E-state index contributed by atoms with van der Waals surface area (Å²) in [4.78, 5) is 28.2. The molecule has 2 amide bonds. The maximum Gasteiger partial charge on any atom is 0.254 e. The van der Waals surface area contributed by atoms with Gasteiger partial charge in [-0.15, -0.1) is 0 Å². The zero-order chi connectivity index (χ0) is 14.7. The van der Waals surface area contributed by atoms with E-state index in [2.05, 4.69) is 4.98 Å². The molecule has 20 heavy (non-hydrogen) atoms. The zero-order valence-electron chi connectivity index (χ0n) is 11.7. The van der Waals surface area contributed by atoms with Crippen molar-refractivity contribution in [2.45, 2.75) is 13.8 Å². The van der Waals surface area contributed by atoms with Crippen molar-refractivity contribution in [3.63, 3.8) is 0 Å². The number of nitrogens with zero attached hydrogens (tertiary/aromatic N) is 1. The first-order chi connectivity index (χ1) is 9.47. The topological polar surface area (TPSA) is 79.2 Å². The molecule has 0 bridgehead atoms. The summed E-state index contributed by atoms with van der Waals surface area (Å²) < 4.78 is 0. The molecule has 1 aromatic carbocycles. The maximum atomic E-state index is 12.5. The zero-order valence-corrected chi connectivity index (χ0v) is 11.7. The second kappa shape index (κ2) is 5.77. The summed E-state index contributed by atoms with van der Waals surface area (Å²) in [6.07, 6.45) is 1.83. The Morgan fingerprint density at radius 3 is 2.70 bits per heavy atom. The molecule has 0 aliphatic carbocycles. The molecule has 0 fully saturated rings. The van der Waals surface area contributed by atoms with Crippen LogP contribution < -0.4 is 5.73 Å². The number of amides is 2. The van der Waals surface area contributed by atoms with Crippen LogP contribution >= 0.6 is 0 Å². The van der Waals surface area contributed by atoms with E-state index >= 15 is 0 Å². The lowest BCUT2D eigenvalue weighted by Gasteiger charge is -2.23. The fraction of sp³-hybridized carbons (Fsp3) is 0.333. The van der Waals surface area contributed by atoms with Crippen LogP contribution in [-0.4, -0.2) is 34.8 Å². The van der Waals surface area contributed by atoms with Gasteiger partial charge in [0.1, 0.15) is 0 Å². The van der Waals surface area contributed by atoms with Crippen LogP contribution in [0.5, 0.6) is 0 Å². The molecule has 0 radical (unpaired) electrons. The number of rotatable bonds is 5. The second-order valence-electron chi connectivity index (χ2n) is 5.33. The third-order valence-electron chi connectivity index (χ3n) is 3.02. The average molecular weight is 273 g/mol. The van der Waals surface area contributed by atoms with Gasteiger partial charge in [0.25, 0.3) is 5.91 Å². The molecule has 0 saturated heterocycles. The Bertz CT molecular complexity index is 631. The molecule has 2 aromatic rings. The molecule has 1 heterocycles. The van der Waals surface area contributed by atoms with Gasteiger partial charge in [-0.3, -0.25) is 9.59 Å². The molecule has 3 N–H and O–H groups in total. The number of aromatic amines is 1. The van der Waals surface area contributed by atoms with Crippen LogP contribution in [0.2, 0.25) is 0 Å². The number of nitrogens with one attached hydrogen (secondary N) is 1. The van der Waals surface area contributed by atoms with E-state index in [1.54, 1.807) is 12.1 Å². The highest BCUT2D eigenvalue weighted by Crippen LogP contribution is 2.16. The molecule has 0 saturated carbocycles. The van der Waals surface area contributed by atoms with Crippen molar-refractivity contribution in [1.82, 2.24) is 9.88 Å². The van der Waals surface area contributed by atoms with Gasteiger partial charge in [0.05, 0.1) is 6.54 Å². The lowest BCUT2D eigenvalue weighted by Crippen LogP contribution is -2.40. The van der Waals surface area contributed by atoms with Crippen molar-refractivity contribution in [2.24, 2.45) is 11.7 Å². The lowest BCUT2D eigenvalue weighted by atomic mass is 10.1. The summed E-state index contributed by atoms with van der Waals surface area (Å²) in [5.41, 5.74) is 6.68. The number of primary amides is 1. The monoisotopic (exact) mass is 273 g/mol. The number of aromatic nitrogens is 1. The number of H-pyrrole nitrogens is 1. The van der Waals surface area contributed by atoms with Crippen LogP contribution in [0.15, 0.2) is 30.5 Å². The summed E-state index contributed by atoms with van der Waals surface area (Å²) in [6, 6.07) is 7.40. The molecule has 5 heteroatoms. The highest BCUT2D eigenvalue weighted by molar-refractivity contribution is 5.99. The van der Waals surface area contributed by atoms with Gasteiger partial charge >= 0.3 is 0 Å². The van der Waals surface area contributed by atoms with Crippen LogP contribution in [0, 0.1) is 5.92 Å². The summed E-state index contributed by atoms with van der Waals surface area (Å²) in [6.45, 7) is 4.44. The molecule has 1 aromatic heterocycles. The SMILES string of the molecule is CC(C)CN(CC(N)=O)C(=O)c1ccc2cc[nH]c2c1. The van der Waals surface area contributed by atoms with Crippen LogP contribution in [0.3, 0.4) is 0 Å². The van der Waals surface area contributed by atoms with E-state index in [1.165, 1.54) is 4.90 Å². The van der Waals surface area contributed by atoms with Crippen molar-refractivity contribution in [2.75, 3.05) is 13.1 Å². The van der Waals surface area contributed by atoms with E-state index in [9.17, 15) is 9.59 Å². The molecular weight excluding hydrogens is 254 g/mol. The minimum Gasteiger partial charge on any atom is -0.368 e. The third kappa shape index (κ3) is 3.17. The summed E-state index contributed by atoms with van der Waals surface area (Å²) in [7, 11) is 0. The van der Waals surface area contributed by atoms with Crippen molar-refractivity contribution in [1.29, 1.82) is 0 Å². The molecule has 0 atom stereocenters. The minimum absolute atomic E-state index is 0.0558. The first-order valence-corrected chi connectivity index (χ1v) is 6.62. The Morgan fingerprint density at radius 1 is 1.30 bits per heavy atom. The highest BCUT2D eigenvalue weighted by atomic mass is 16.2. The number of benzene rings is 1. The lowest BCUT2D eigenvalue weighted by molar-refractivity contribution is -0.118. The maximum absolute atomic E-state index is 12.5. The van der Waals surface area contributed by atoms with Crippen molar-refractivity contribution < 1.29 is 9.59 Å². The van der Waals surface area contributed by atoms with Crippen molar-refractivity contribution in [3.8, 4) is 0 Å². The fourth-order valence-corrected chi connectivity index (χ4v) is 2.21. The number of carbonyl (C=O) groups is 2. The van der Waals surface area contributed by atoms with E-state index in [0.717, 1.165) is 10.9 Å². The van der Waals surface area contributed by atoms with E-state index < -0.39 is 5.91 Å². The van der Waals surface area contributed by atoms with Gasteiger partial charge in [-0.05, 0) is 29.5 Å². The quantitative estimate of drug-likeness (QED) is 0.870. The minimum atomic E-state index is -0.500. The Kier molecular flexibility index (Phi) is 4.08. The predicted molar refractivity (Wildman–Crippen MR) is 78.2 cm³/mol. The number of carbonyl (C=O) groups excluding carboxylic acids is 2. The highest BCUT2D eigenvalue weighted by Gasteiger charge is 2.19. The first kappa shape index (κ1) is 14.1. The Morgan fingerprint density at radius 2 is 2.05 bits per heavy atom. The molecule has 0 aliphatic rings. The Balaban J connectivity index is 2.26. The largest absolute Gasteiger partial charge is 0.368 e. The normalized spacial score (nSPS) is 10.9. The first-order valence-electron chi connectivity index (χ1n) is 6.62. The van der Waals surface area contributed by atoms with Crippen LogP contribution in [0.1, 0.15) is 24.2 Å². The number of hydrogen-bond donors (Lipinski definition) is 2. The summed E-state index contributed by atoms with van der Waals surface area (Å²) in [5, 5.41) is 1.05.